The van der Waals surface area contributed by atoms with Gasteiger partial charge in [-0.15, -0.1) is 0 Å². The highest BCUT2D eigenvalue weighted by Crippen LogP contribution is 2.19. The number of nitrogens with one attached hydrogen (secondary N) is 1. The van der Waals surface area contributed by atoms with Gasteiger partial charge in [0.1, 0.15) is 23.9 Å². The molecule has 0 fully saturated rings. The molecular weight excluding hydrogens is 409 g/mol. The van der Waals surface area contributed by atoms with Gasteiger partial charge in [-0.25, -0.2) is 4.39 Å². The monoisotopic (exact) mass is 433 g/mol. The zero-order valence-corrected chi connectivity index (χ0v) is 18.2. The number of hydrogen-bond donors (Lipinski definition) is 1. The molecule has 32 heavy (non-hydrogen) atoms. The predicted molar refractivity (Wildman–Crippen MR) is 119 cm³/mol. The van der Waals surface area contributed by atoms with E-state index in [1.807, 2.05) is 32.9 Å². The van der Waals surface area contributed by atoms with Gasteiger partial charge in [0, 0.05) is 17.3 Å². The summed E-state index contributed by atoms with van der Waals surface area (Å²) in [7, 11) is 0. The van der Waals surface area contributed by atoms with Crippen LogP contribution in [0.4, 0.5) is 10.2 Å². The van der Waals surface area contributed by atoms with Gasteiger partial charge in [0.05, 0.1) is 6.54 Å². The Morgan fingerprint density at radius 3 is 2.56 bits per heavy atom. The van der Waals surface area contributed by atoms with Gasteiger partial charge >= 0.3 is 0 Å². The average molecular weight is 433 g/mol. The summed E-state index contributed by atoms with van der Waals surface area (Å²) in [6.07, 6.45) is 0. The molecule has 0 atom stereocenters. The summed E-state index contributed by atoms with van der Waals surface area (Å²) >= 11 is 0. The summed E-state index contributed by atoms with van der Waals surface area (Å²) in [6, 6.07) is 17.5. The van der Waals surface area contributed by atoms with Crippen molar-refractivity contribution in [3.05, 3.63) is 100 Å². The molecule has 2 heterocycles. The van der Waals surface area contributed by atoms with E-state index in [0.717, 1.165) is 22.6 Å². The Morgan fingerprint density at radius 2 is 1.81 bits per heavy atom. The molecule has 2 aromatic heterocycles. The van der Waals surface area contributed by atoms with Crippen LogP contribution in [0.25, 0.3) is 0 Å². The number of carbonyl (C=O) groups excluding carboxylic acids is 1. The van der Waals surface area contributed by atoms with Crippen molar-refractivity contribution in [1.82, 2.24) is 9.78 Å². The molecule has 0 aliphatic carbocycles. The topological polar surface area (TPSA) is 69.3 Å². The van der Waals surface area contributed by atoms with E-state index >= 15 is 0 Å². The number of aromatic nitrogens is 2. The molecule has 0 aliphatic rings. The first-order chi connectivity index (χ1) is 15.4. The van der Waals surface area contributed by atoms with Crippen LogP contribution in [-0.2, 0) is 13.2 Å². The van der Waals surface area contributed by atoms with E-state index in [9.17, 15) is 9.18 Å². The fourth-order valence-electron chi connectivity index (χ4n) is 3.45. The molecule has 0 aliphatic heterocycles. The molecule has 164 valence electrons. The summed E-state index contributed by atoms with van der Waals surface area (Å²) in [6.45, 7) is 6.35. The number of furan rings is 1. The van der Waals surface area contributed by atoms with Crippen LogP contribution in [0, 0.1) is 26.6 Å². The quantitative estimate of drug-likeness (QED) is 0.423. The van der Waals surface area contributed by atoms with Crippen molar-refractivity contribution in [2.45, 2.75) is 33.9 Å². The Kier molecular flexibility index (Phi) is 6.07. The van der Waals surface area contributed by atoms with Crippen LogP contribution in [0.2, 0.25) is 0 Å². The largest absolute Gasteiger partial charge is 0.486 e. The van der Waals surface area contributed by atoms with Crippen molar-refractivity contribution in [2.24, 2.45) is 0 Å². The average Bonchev–Trinajstić information content (AvgIpc) is 3.34. The number of rotatable bonds is 7. The second-order valence-electron chi connectivity index (χ2n) is 7.75. The Labute approximate surface area is 185 Å². The lowest BCUT2D eigenvalue weighted by molar-refractivity contribution is 0.0992. The standard InChI is InChI=1S/C25H24FN3O3/c1-16-10-17(2)12-21(11-16)31-15-20-8-9-23(32-20)25(30)27-24-13-18(3)29(28-24)14-19-6-4-5-7-22(19)26/h4-13H,14-15H2,1-3H3,(H,27,28,30). The molecule has 7 heteroatoms. The number of amides is 1. The van der Waals surface area contributed by atoms with E-state index in [-0.39, 0.29) is 24.7 Å². The summed E-state index contributed by atoms with van der Waals surface area (Å²) in [5, 5.41) is 7.09. The second kappa shape index (κ2) is 9.09. The Balaban J connectivity index is 1.38. The molecule has 0 spiro atoms. The summed E-state index contributed by atoms with van der Waals surface area (Å²) < 4.78 is 27.0. The fourth-order valence-corrected chi connectivity index (χ4v) is 3.45. The maximum absolute atomic E-state index is 13.9. The summed E-state index contributed by atoms with van der Waals surface area (Å²) in [5.41, 5.74) is 3.55. The highest BCUT2D eigenvalue weighted by molar-refractivity contribution is 6.01. The van der Waals surface area contributed by atoms with Crippen molar-refractivity contribution >= 4 is 11.7 Å². The number of carbonyl (C=O) groups is 1. The highest BCUT2D eigenvalue weighted by Gasteiger charge is 2.15. The number of nitrogens with zero attached hydrogens (tertiary/aromatic N) is 2. The van der Waals surface area contributed by atoms with Crippen molar-refractivity contribution < 1.29 is 18.3 Å². The second-order valence-corrected chi connectivity index (χ2v) is 7.75. The smallest absolute Gasteiger partial charge is 0.292 e. The zero-order valence-electron chi connectivity index (χ0n) is 18.2. The third-order valence-corrected chi connectivity index (χ3v) is 4.96. The van der Waals surface area contributed by atoms with Crippen LogP contribution >= 0.6 is 0 Å². The SMILES string of the molecule is Cc1cc(C)cc(OCc2ccc(C(=O)Nc3cc(C)n(Cc4ccccc4F)n3)o2)c1. The van der Waals surface area contributed by atoms with Gasteiger partial charge in [-0.1, -0.05) is 24.3 Å². The van der Waals surface area contributed by atoms with Crippen molar-refractivity contribution in [3.63, 3.8) is 0 Å². The van der Waals surface area contributed by atoms with E-state index in [0.29, 0.717) is 17.1 Å². The molecule has 0 radical (unpaired) electrons. The summed E-state index contributed by atoms with van der Waals surface area (Å²) in [4.78, 5) is 12.6. The Bertz CT molecular complexity index is 1240. The first-order valence-corrected chi connectivity index (χ1v) is 10.3. The number of benzene rings is 2. The molecule has 0 saturated heterocycles. The molecule has 0 unspecified atom stereocenters. The Hall–Kier alpha value is -3.87. The van der Waals surface area contributed by atoms with Crippen LogP contribution in [0.5, 0.6) is 5.75 Å². The molecular formula is C25H24FN3O3. The lowest BCUT2D eigenvalue weighted by Gasteiger charge is -2.06. The fraction of sp³-hybridized carbons (Fsp3) is 0.200. The lowest BCUT2D eigenvalue weighted by Crippen LogP contribution is -2.12. The minimum Gasteiger partial charge on any atom is -0.486 e. The van der Waals surface area contributed by atoms with Gasteiger partial charge in [-0.2, -0.15) is 5.10 Å². The predicted octanol–water partition coefficient (Wildman–Crippen LogP) is 5.42. The van der Waals surface area contributed by atoms with Crippen molar-refractivity contribution in [3.8, 4) is 5.75 Å². The van der Waals surface area contributed by atoms with E-state index in [1.54, 1.807) is 41.1 Å². The van der Waals surface area contributed by atoms with Crippen LogP contribution in [0.15, 0.2) is 65.1 Å². The van der Waals surface area contributed by atoms with Gasteiger partial charge in [-0.05, 0) is 62.2 Å². The van der Waals surface area contributed by atoms with Gasteiger partial charge in [0.2, 0.25) is 0 Å². The molecule has 1 N–H and O–H groups in total. The number of halogens is 1. The molecule has 4 rings (SSSR count). The van der Waals surface area contributed by atoms with Crippen LogP contribution in [0.1, 0.15) is 38.7 Å². The molecule has 4 aromatic rings. The number of hydrogen-bond acceptors (Lipinski definition) is 4. The van der Waals surface area contributed by atoms with Crippen LogP contribution in [-0.4, -0.2) is 15.7 Å². The third kappa shape index (κ3) is 5.06. The minimum atomic E-state index is -0.418. The van der Waals surface area contributed by atoms with Crippen molar-refractivity contribution in [1.29, 1.82) is 0 Å². The van der Waals surface area contributed by atoms with Gasteiger partial charge in [-0.3, -0.25) is 9.48 Å². The molecule has 1 amide bonds. The number of aryl methyl sites for hydroxylation is 3. The summed E-state index contributed by atoms with van der Waals surface area (Å²) in [5.74, 6) is 1.10. The van der Waals surface area contributed by atoms with Crippen LogP contribution < -0.4 is 10.1 Å². The molecule has 0 saturated carbocycles. The van der Waals surface area contributed by atoms with E-state index in [4.69, 9.17) is 9.15 Å². The molecule has 6 nitrogen and oxygen atoms in total. The first kappa shape index (κ1) is 21.4. The van der Waals surface area contributed by atoms with E-state index < -0.39 is 5.91 Å². The maximum atomic E-state index is 13.9. The minimum absolute atomic E-state index is 0.158. The number of anilines is 1. The third-order valence-electron chi connectivity index (χ3n) is 4.96. The van der Waals surface area contributed by atoms with Crippen LogP contribution in [0.3, 0.4) is 0 Å². The van der Waals surface area contributed by atoms with Gasteiger partial charge in [0.15, 0.2) is 11.6 Å². The van der Waals surface area contributed by atoms with Gasteiger partial charge < -0.3 is 14.5 Å². The lowest BCUT2D eigenvalue weighted by atomic mass is 10.1. The zero-order chi connectivity index (χ0) is 22.7. The first-order valence-electron chi connectivity index (χ1n) is 10.3. The molecule has 0 bridgehead atoms. The Morgan fingerprint density at radius 1 is 1.06 bits per heavy atom. The highest BCUT2D eigenvalue weighted by atomic mass is 19.1. The maximum Gasteiger partial charge on any atom is 0.292 e. The van der Waals surface area contributed by atoms with E-state index in [1.165, 1.54) is 6.07 Å². The molecule has 2 aromatic carbocycles. The van der Waals surface area contributed by atoms with E-state index in [2.05, 4.69) is 16.5 Å². The van der Waals surface area contributed by atoms with Crippen molar-refractivity contribution in [2.75, 3.05) is 5.32 Å². The number of ether oxygens (including phenoxy) is 1. The van der Waals surface area contributed by atoms with Gasteiger partial charge in [0.25, 0.3) is 5.91 Å². The normalized spacial score (nSPS) is 10.9.